The fourth-order valence-electron chi connectivity index (χ4n) is 0. The Hall–Kier alpha value is 1.54. The van der Waals surface area contributed by atoms with Crippen molar-refractivity contribution >= 4 is 0 Å². The minimum absolute atomic E-state index is 0. The fourth-order valence-corrected chi connectivity index (χ4v) is 0. The van der Waals surface area contributed by atoms with Crippen LogP contribution in [-0.4, -0.2) is 0 Å². The normalized spacial score (nSPS) is 3.20. The van der Waals surface area contributed by atoms with Crippen molar-refractivity contribution in [3.8, 4) is 0 Å². The molecular weight excluding hydrogens is 369 g/mol. The van der Waals surface area contributed by atoms with Gasteiger partial charge in [-0.15, -0.1) is 21.4 Å². The molecule has 12 nitrogen and oxygen atoms in total. The van der Waals surface area contributed by atoms with E-state index in [0.29, 0.717) is 0 Å². The SMILES string of the molecule is O=N[O-].O=N[O-].O=N[O-].O=N[O-].[K+].[K+].[Pd+2]. The van der Waals surface area contributed by atoms with Gasteiger partial charge < -0.3 is 40.5 Å². The quantitative estimate of drug-likeness (QED) is 0.229. The molecule has 0 saturated carbocycles. The summed E-state index contributed by atoms with van der Waals surface area (Å²) in [5, 5.41) is 36.0. The minimum atomic E-state index is 0. The molecule has 0 aromatic carbocycles. The number of hydrogen-bond acceptors (Lipinski definition) is 12. The summed E-state index contributed by atoms with van der Waals surface area (Å²) in [5.74, 6) is 0. The van der Waals surface area contributed by atoms with Crippen molar-refractivity contribution in [2.75, 3.05) is 0 Å². The van der Waals surface area contributed by atoms with E-state index in [1.807, 2.05) is 0 Å². The van der Waals surface area contributed by atoms with Gasteiger partial charge in [-0.1, -0.05) is 0 Å². The van der Waals surface area contributed by atoms with Crippen molar-refractivity contribution in [3.63, 3.8) is 0 Å². The second-order valence-electron chi connectivity index (χ2n) is 0.298. The average Bonchev–Trinajstić information content (AvgIpc) is 1.92. The zero-order valence-electron chi connectivity index (χ0n) is 7.37. The third-order valence-corrected chi connectivity index (χ3v) is 0. The van der Waals surface area contributed by atoms with Crippen molar-refractivity contribution in [2.24, 2.45) is 21.4 Å². The molecule has 0 aliphatic heterocycles. The van der Waals surface area contributed by atoms with Gasteiger partial charge in [-0.3, -0.25) is 0 Å². The van der Waals surface area contributed by atoms with Crippen LogP contribution >= 0.6 is 0 Å². The van der Waals surface area contributed by atoms with Gasteiger partial charge in [-0.2, -0.15) is 0 Å². The Bertz CT molecular complexity index is 78.6. The van der Waals surface area contributed by atoms with Crippen LogP contribution in [0.5, 0.6) is 0 Å². The minimum Gasteiger partial charge on any atom is -0.444 e. The predicted octanol–water partition coefficient (Wildman–Crippen LogP) is -4.99. The maximum absolute atomic E-state index is 8.00. The van der Waals surface area contributed by atoms with E-state index in [1.54, 1.807) is 0 Å². The van der Waals surface area contributed by atoms with Crippen LogP contribution in [0.1, 0.15) is 0 Å². The van der Waals surface area contributed by atoms with Crippen LogP contribution in [0.3, 0.4) is 0 Å². The molecule has 0 fully saturated rings. The summed E-state index contributed by atoms with van der Waals surface area (Å²) in [6.45, 7) is 0. The Balaban J connectivity index is -0.0000000107. The monoisotopic (exact) mass is 368 g/mol. The summed E-state index contributed by atoms with van der Waals surface area (Å²) in [6.07, 6.45) is 0. The Labute approximate surface area is 181 Å². The van der Waals surface area contributed by atoms with Crippen LogP contribution in [-0.2, 0) is 20.4 Å². The summed E-state index contributed by atoms with van der Waals surface area (Å²) >= 11 is 0. The van der Waals surface area contributed by atoms with Gasteiger partial charge in [-0.25, -0.2) is 0 Å². The average molecular weight is 369 g/mol. The van der Waals surface area contributed by atoms with Gasteiger partial charge in [0.2, 0.25) is 0 Å². The van der Waals surface area contributed by atoms with Crippen LogP contribution in [0, 0.1) is 40.5 Å². The summed E-state index contributed by atoms with van der Waals surface area (Å²) in [4.78, 5) is 32.0. The molecule has 0 spiro atoms. The van der Waals surface area contributed by atoms with Crippen molar-refractivity contribution in [3.05, 3.63) is 40.5 Å². The topological polar surface area (TPSA) is 210 Å². The molecular formula is K2N4O8Pd. The number of rotatable bonds is 0. The van der Waals surface area contributed by atoms with E-state index in [4.69, 9.17) is 40.5 Å². The van der Waals surface area contributed by atoms with Crippen molar-refractivity contribution in [1.82, 2.24) is 0 Å². The standard InChI is InChI=1S/2K.4HNO2.Pd/c;;4*2-1-3;/h;;4*(H,2,3);/q2*+1;;;;;+2/p-4. The third kappa shape index (κ3) is 1210. The fraction of sp³-hybridized carbons (Fsp3) is 0. The van der Waals surface area contributed by atoms with E-state index in [-0.39, 0.29) is 123 Å². The zero-order valence-corrected chi connectivity index (χ0v) is 15.2. The Kier molecular flexibility index (Phi) is 313. The zero-order chi connectivity index (χ0) is 10.8. The van der Waals surface area contributed by atoms with Crippen molar-refractivity contribution < 1.29 is 123 Å². The van der Waals surface area contributed by atoms with E-state index >= 15 is 0 Å². The third-order valence-electron chi connectivity index (χ3n) is 0. The van der Waals surface area contributed by atoms with Crippen molar-refractivity contribution in [2.45, 2.75) is 0 Å². The number of nitrogens with zero attached hydrogens (tertiary/aromatic N) is 4. The van der Waals surface area contributed by atoms with Gasteiger partial charge in [0, 0.05) is 0 Å². The molecule has 0 atom stereocenters. The smallest absolute Gasteiger partial charge is 0.444 e. The van der Waals surface area contributed by atoms with E-state index in [2.05, 4.69) is 0 Å². The molecule has 0 aromatic rings. The van der Waals surface area contributed by atoms with Gasteiger partial charge >= 0.3 is 123 Å². The van der Waals surface area contributed by atoms with Gasteiger partial charge in [0.1, 0.15) is 0 Å². The Morgan fingerprint density at radius 1 is 0.533 bits per heavy atom. The first-order chi connectivity index (χ1) is 5.66. The molecule has 0 amide bonds. The van der Waals surface area contributed by atoms with Gasteiger partial charge in [0.15, 0.2) is 0 Å². The second kappa shape index (κ2) is 107. The molecule has 0 bridgehead atoms. The maximum Gasteiger partial charge on any atom is 2.00 e. The van der Waals surface area contributed by atoms with E-state index in [0.717, 1.165) is 21.4 Å². The molecule has 0 radical (unpaired) electrons. The van der Waals surface area contributed by atoms with Crippen LogP contribution < -0.4 is 103 Å². The number of hydrogen-bond donors (Lipinski definition) is 0. The summed E-state index contributed by atoms with van der Waals surface area (Å²) in [5.41, 5.74) is 0. The van der Waals surface area contributed by atoms with Crippen LogP contribution in [0.25, 0.3) is 0 Å². The molecule has 0 heterocycles. The molecule has 0 aromatic heterocycles. The molecule has 0 rings (SSSR count). The molecule has 0 aliphatic carbocycles. The van der Waals surface area contributed by atoms with Gasteiger partial charge in [0.25, 0.3) is 0 Å². The first-order valence-corrected chi connectivity index (χ1v) is 1.46. The second-order valence-corrected chi connectivity index (χ2v) is 0.298. The largest absolute Gasteiger partial charge is 2.00 e. The van der Waals surface area contributed by atoms with Crippen LogP contribution in [0.4, 0.5) is 0 Å². The molecule has 0 unspecified atom stereocenters. The maximum atomic E-state index is 8.00. The summed E-state index contributed by atoms with van der Waals surface area (Å²) < 4.78 is 0. The molecule has 15 heteroatoms. The molecule has 0 aliphatic rings. The van der Waals surface area contributed by atoms with Crippen LogP contribution in [0.2, 0.25) is 0 Å². The molecule has 0 saturated heterocycles. The Morgan fingerprint density at radius 3 is 0.533 bits per heavy atom. The van der Waals surface area contributed by atoms with Crippen LogP contribution in [0.15, 0.2) is 21.4 Å². The first-order valence-electron chi connectivity index (χ1n) is 1.46. The molecule has 80 valence electrons. The summed E-state index contributed by atoms with van der Waals surface area (Å²) in [7, 11) is 0. The van der Waals surface area contributed by atoms with Crippen molar-refractivity contribution in [1.29, 1.82) is 0 Å². The van der Waals surface area contributed by atoms with E-state index in [1.165, 1.54) is 0 Å². The van der Waals surface area contributed by atoms with Gasteiger partial charge in [-0.05, 0) is 0 Å². The summed E-state index contributed by atoms with van der Waals surface area (Å²) in [6, 6.07) is 0. The van der Waals surface area contributed by atoms with Gasteiger partial charge in [0.05, 0.1) is 0 Å². The first kappa shape index (κ1) is 43.9. The van der Waals surface area contributed by atoms with E-state index in [9.17, 15) is 0 Å². The Morgan fingerprint density at radius 2 is 0.533 bits per heavy atom. The van der Waals surface area contributed by atoms with E-state index < -0.39 is 0 Å². The molecule has 15 heavy (non-hydrogen) atoms. The predicted molar refractivity (Wildman–Crippen MR) is 36.6 cm³/mol. The molecule has 0 N–H and O–H groups in total.